The van der Waals surface area contributed by atoms with E-state index in [2.05, 4.69) is 22.8 Å². The first-order valence-corrected chi connectivity index (χ1v) is 12.5. The zero-order valence-electron chi connectivity index (χ0n) is 20.8. The standard InChI is InChI=1S/C27H34ClN3O5/c1-3-4-5-6-7-8-9-10-25(32)29-19-26(33)31-30-18-20-11-16-23(24(17-20)35-2)36-27(34)21-12-14-22(28)15-13-21/h11-18H,3-10,19H2,1-2H3,(H,29,32)(H,31,33)/b30-18+. The van der Waals surface area contributed by atoms with Crippen molar-refractivity contribution in [3.8, 4) is 11.5 Å². The first-order valence-electron chi connectivity index (χ1n) is 12.2. The van der Waals surface area contributed by atoms with Crippen LogP contribution in [0.2, 0.25) is 5.02 Å². The van der Waals surface area contributed by atoms with E-state index in [1.807, 2.05) is 0 Å². The number of rotatable bonds is 15. The van der Waals surface area contributed by atoms with Gasteiger partial charge in [0.25, 0.3) is 5.91 Å². The molecule has 2 aromatic carbocycles. The number of amides is 2. The zero-order chi connectivity index (χ0) is 26.2. The number of halogens is 1. The summed E-state index contributed by atoms with van der Waals surface area (Å²) >= 11 is 5.84. The summed E-state index contributed by atoms with van der Waals surface area (Å²) in [4.78, 5) is 36.1. The van der Waals surface area contributed by atoms with Gasteiger partial charge in [-0.3, -0.25) is 9.59 Å². The van der Waals surface area contributed by atoms with Crippen molar-refractivity contribution in [1.29, 1.82) is 0 Å². The van der Waals surface area contributed by atoms with Crippen molar-refractivity contribution in [2.24, 2.45) is 5.10 Å². The monoisotopic (exact) mass is 515 g/mol. The second-order valence-electron chi connectivity index (χ2n) is 8.25. The maximum atomic E-state index is 12.3. The highest BCUT2D eigenvalue weighted by Gasteiger charge is 2.13. The number of hydrogen-bond acceptors (Lipinski definition) is 6. The number of hydrogen-bond donors (Lipinski definition) is 2. The van der Waals surface area contributed by atoms with Gasteiger partial charge in [0.05, 0.1) is 25.4 Å². The van der Waals surface area contributed by atoms with E-state index in [1.165, 1.54) is 39.0 Å². The highest BCUT2D eigenvalue weighted by molar-refractivity contribution is 6.30. The third-order valence-electron chi connectivity index (χ3n) is 5.33. The molecular formula is C27H34ClN3O5. The molecule has 36 heavy (non-hydrogen) atoms. The van der Waals surface area contributed by atoms with Crippen LogP contribution in [0.5, 0.6) is 11.5 Å². The molecule has 194 valence electrons. The Morgan fingerprint density at radius 2 is 1.61 bits per heavy atom. The minimum absolute atomic E-state index is 0.142. The van der Waals surface area contributed by atoms with Crippen LogP contribution in [0.1, 0.15) is 74.2 Å². The molecule has 0 fully saturated rings. The van der Waals surface area contributed by atoms with Crippen LogP contribution in [-0.2, 0) is 9.59 Å². The highest BCUT2D eigenvalue weighted by Crippen LogP contribution is 2.28. The smallest absolute Gasteiger partial charge is 0.343 e. The molecule has 0 heterocycles. The van der Waals surface area contributed by atoms with E-state index in [9.17, 15) is 14.4 Å². The number of carbonyl (C=O) groups excluding carboxylic acids is 3. The van der Waals surface area contributed by atoms with Gasteiger partial charge < -0.3 is 14.8 Å². The number of esters is 1. The average molecular weight is 516 g/mol. The van der Waals surface area contributed by atoms with E-state index < -0.39 is 11.9 Å². The number of ether oxygens (including phenoxy) is 2. The van der Waals surface area contributed by atoms with Gasteiger partial charge in [-0.2, -0.15) is 5.10 Å². The van der Waals surface area contributed by atoms with Crippen molar-refractivity contribution in [2.75, 3.05) is 13.7 Å². The van der Waals surface area contributed by atoms with Crippen molar-refractivity contribution >= 4 is 35.6 Å². The van der Waals surface area contributed by atoms with Gasteiger partial charge >= 0.3 is 5.97 Å². The second kappa shape index (κ2) is 16.3. The van der Waals surface area contributed by atoms with Gasteiger partial charge in [0.15, 0.2) is 11.5 Å². The minimum atomic E-state index is -0.548. The minimum Gasteiger partial charge on any atom is -0.493 e. The van der Waals surface area contributed by atoms with Crippen LogP contribution in [0.25, 0.3) is 0 Å². The fraction of sp³-hybridized carbons (Fsp3) is 0.407. The van der Waals surface area contributed by atoms with Gasteiger partial charge in [-0.15, -0.1) is 0 Å². The van der Waals surface area contributed by atoms with Gasteiger partial charge in [-0.1, -0.05) is 57.0 Å². The topological polar surface area (TPSA) is 106 Å². The van der Waals surface area contributed by atoms with Gasteiger partial charge in [0.2, 0.25) is 5.91 Å². The van der Waals surface area contributed by atoms with Crippen molar-refractivity contribution in [2.45, 2.75) is 58.3 Å². The van der Waals surface area contributed by atoms with E-state index in [0.717, 1.165) is 19.3 Å². The summed E-state index contributed by atoms with van der Waals surface area (Å²) in [5.41, 5.74) is 3.34. The van der Waals surface area contributed by atoms with E-state index in [-0.39, 0.29) is 18.2 Å². The summed E-state index contributed by atoms with van der Waals surface area (Å²) in [6.07, 6.45) is 9.76. The summed E-state index contributed by atoms with van der Waals surface area (Å²) in [7, 11) is 1.45. The summed E-state index contributed by atoms with van der Waals surface area (Å²) in [5, 5.41) is 7.02. The Bertz CT molecular complexity index is 1020. The molecule has 0 saturated heterocycles. The number of nitrogens with zero attached hydrogens (tertiary/aromatic N) is 1. The van der Waals surface area contributed by atoms with Crippen LogP contribution in [0.3, 0.4) is 0 Å². The largest absolute Gasteiger partial charge is 0.493 e. The molecule has 2 amide bonds. The lowest BCUT2D eigenvalue weighted by molar-refractivity contribution is -0.126. The van der Waals surface area contributed by atoms with Crippen molar-refractivity contribution in [3.05, 3.63) is 58.6 Å². The maximum absolute atomic E-state index is 12.3. The predicted molar refractivity (Wildman–Crippen MR) is 141 cm³/mol. The zero-order valence-corrected chi connectivity index (χ0v) is 21.6. The normalized spacial score (nSPS) is 10.8. The van der Waals surface area contributed by atoms with Crippen molar-refractivity contribution < 1.29 is 23.9 Å². The molecule has 0 atom stereocenters. The molecule has 0 radical (unpaired) electrons. The Hall–Kier alpha value is -3.39. The van der Waals surface area contributed by atoms with Gasteiger partial charge in [-0.05, 0) is 54.4 Å². The van der Waals surface area contributed by atoms with E-state index in [4.69, 9.17) is 21.1 Å². The molecule has 2 rings (SSSR count). The number of benzene rings is 2. The Labute approximate surface area is 217 Å². The van der Waals surface area contributed by atoms with Crippen LogP contribution in [0, 0.1) is 0 Å². The number of nitrogens with one attached hydrogen (secondary N) is 2. The lowest BCUT2D eigenvalue weighted by Gasteiger charge is -2.10. The van der Waals surface area contributed by atoms with Crippen LogP contribution in [0.4, 0.5) is 0 Å². The van der Waals surface area contributed by atoms with Gasteiger partial charge in [0, 0.05) is 11.4 Å². The molecule has 0 aliphatic heterocycles. The number of carbonyl (C=O) groups is 3. The average Bonchev–Trinajstić information content (AvgIpc) is 2.88. The predicted octanol–water partition coefficient (Wildman–Crippen LogP) is 5.27. The molecule has 0 unspecified atom stereocenters. The molecule has 0 aliphatic rings. The van der Waals surface area contributed by atoms with E-state index in [0.29, 0.717) is 28.3 Å². The Morgan fingerprint density at radius 3 is 2.31 bits per heavy atom. The molecule has 2 N–H and O–H groups in total. The lowest BCUT2D eigenvalue weighted by atomic mass is 10.1. The Morgan fingerprint density at radius 1 is 0.917 bits per heavy atom. The van der Waals surface area contributed by atoms with E-state index in [1.54, 1.807) is 42.5 Å². The molecule has 0 bridgehead atoms. The maximum Gasteiger partial charge on any atom is 0.343 e. The SMILES string of the molecule is CCCCCCCCCC(=O)NCC(=O)N/N=C/c1ccc(OC(=O)c2ccc(Cl)cc2)c(OC)c1. The fourth-order valence-electron chi connectivity index (χ4n) is 3.32. The summed E-state index contributed by atoms with van der Waals surface area (Å²) in [6, 6.07) is 11.2. The highest BCUT2D eigenvalue weighted by atomic mass is 35.5. The third-order valence-corrected chi connectivity index (χ3v) is 5.58. The van der Waals surface area contributed by atoms with Crippen LogP contribution >= 0.6 is 11.6 Å². The second-order valence-corrected chi connectivity index (χ2v) is 8.68. The molecular weight excluding hydrogens is 482 g/mol. The van der Waals surface area contributed by atoms with Crippen LogP contribution < -0.4 is 20.2 Å². The van der Waals surface area contributed by atoms with Gasteiger partial charge in [-0.25, -0.2) is 10.2 Å². The van der Waals surface area contributed by atoms with Gasteiger partial charge in [0.1, 0.15) is 0 Å². The number of methoxy groups -OCH3 is 1. The van der Waals surface area contributed by atoms with E-state index >= 15 is 0 Å². The Kier molecular flexibility index (Phi) is 13.1. The summed E-state index contributed by atoms with van der Waals surface area (Å²) in [6.45, 7) is 2.04. The fourth-order valence-corrected chi connectivity index (χ4v) is 3.45. The van der Waals surface area contributed by atoms with Crippen molar-refractivity contribution in [1.82, 2.24) is 10.7 Å². The molecule has 2 aromatic rings. The Balaban J connectivity index is 1.74. The third kappa shape index (κ3) is 10.9. The lowest BCUT2D eigenvalue weighted by Crippen LogP contribution is -2.34. The first kappa shape index (κ1) is 28.8. The first-order chi connectivity index (χ1) is 17.4. The summed E-state index contributed by atoms with van der Waals surface area (Å²) < 4.78 is 10.7. The number of unbranched alkanes of at least 4 members (excludes halogenated alkanes) is 6. The molecule has 0 aromatic heterocycles. The van der Waals surface area contributed by atoms with Crippen LogP contribution in [0.15, 0.2) is 47.6 Å². The number of hydrazone groups is 1. The quantitative estimate of drug-likeness (QED) is 0.110. The van der Waals surface area contributed by atoms with Crippen molar-refractivity contribution in [3.63, 3.8) is 0 Å². The summed E-state index contributed by atoms with van der Waals surface area (Å²) in [5.74, 6) is -0.559. The molecule has 8 nitrogen and oxygen atoms in total. The molecule has 0 spiro atoms. The molecule has 0 aliphatic carbocycles. The van der Waals surface area contributed by atoms with Crippen LogP contribution in [-0.4, -0.2) is 37.7 Å². The molecule has 0 saturated carbocycles. The molecule has 9 heteroatoms.